The summed E-state index contributed by atoms with van der Waals surface area (Å²) in [5.41, 5.74) is -1.08. The van der Waals surface area contributed by atoms with Gasteiger partial charge in [-0.1, -0.05) is 19.4 Å². The third kappa shape index (κ3) is 3.94. The molecule has 0 aromatic heterocycles. The van der Waals surface area contributed by atoms with Gasteiger partial charge in [0.25, 0.3) is 0 Å². The second-order valence-corrected chi connectivity index (χ2v) is 12.3. The fraction of sp³-hybridized carbons (Fsp3) is 0.815. The summed E-state index contributed by atoms with van der Waals surface area (Å²) in [5, 5.41) is 51.1. The van der Waals surface area contributed by atoms with E-state index in [1.807, 2.05) is 13.0 Å². The Balaban J connectivity index is 1.30. The minimum Gasteiger partial charge on any atom is -0.479 e. The molecule has 0 aromatic rings. The van der Waals surface area contributed by atoms with Crippen LogP contribution in [0.1, 0.15) is 65.2 Å². The molecule has 0 radical (unpaired) electrons. The number of Topliss-reactive ketones (excluding diaryl/α,β-unsaturated/α-hetero) is 1. The largest absolute Gasteiger partial charge is 0.479 e. The molecule has 0 spiro atoms. The molecule has 5 rings (SSSR count). The van der Waals surface area contributed by atoms with Crippen molar-refractivity contribution in [1.82, 2.24) is 0 Å². The fourth-order valence-corrected chi connectivity index (χ4v) is 8.50. The maximum Gasteiger partial charge on any atom is 0.335 e. The van der Waals surface area contributed by atoms with E-state index in [1.54, 1.807) is 0 Å². The van der Waals surface area contributed by atoms with Gasteiger partial charge in [0, 0.05) is 11.8 Å². The third-order valence-corrected chi connectivity index (χ3v) is 10.8. The van der Waals surface area contributed by atoms with Gasteiger partial charge in [0.05, 0.1) is 0 Å². The predicted octanol–water partition coefficient (Wildman–Crippen LogP) is 0.727. The van der Waals surface area contributed by atoms with Crippen molar-refractivity contribution in [3.63, 3.8) is 0 Å². The standard InChI is InChI=1S/C27H38O10/c1-25-8-5-14(28)11-13(25)3-4-15-16(25)6-9-26(2)17(15)7-10-27(26,35)18(29)12-36-24-21(32)19(30)20(31)22(37-24)23(33)34/h11,15-17,19-22,24,30-32,35H,3-10,12H2,1-2H3,(H,33,34)/t15?,16?,17?,19-,20-,21+,22?,24+,25?,26?,27+/m1/s1. The van der Waals surface area contributed by atoms with E-state index in [0.29, 0.717) is 31.1 Å². The Bertz CT molecular complexity index is 1010. The topological polar surface area (TPSA) is 171 Å². The van der Waals surface area contributed by atoms with Gasteiger partial charge in [-0.3, -0.25) is 9.59 Å². The Hall–Kier alpha value is -1.69. The molecule has 10 heteroatoms. The molecule has 1 saturated heterocycles. The molecule has 3 saturated carbocycles. The van der Waals surface area contributed by atoms with Crippen molar-refractivity contribution in [3.8, 4) is 0 Å². The van der Waals surface area contributed by atoms with Gasteiger partial charge in [-0.2, -0.15) is 0 Å². The van der Waals surface area contributed by atoms with Crippen LogP contribution in [0.15, 0.2) is 11.6 Å². The van der Waals surface area contributed by atoms with Crippen molar-refractivity contribution in [2.45, 2.75) is 102 Å². The van der Waals surface area contributed by atoms with Crippen molar-refractivity contribution in [1.29, 1.82) is 0 Å². The van der Waals surface area contributed by atoms with Crippen molar-refractivity contribution in [2.75, 3.05) is 6.61 Å². The van der Waals surface area contributed by atoms with Gasteiger partial charge in [0.15, 0.2) is 24.0 Å². The summed E-state index contributed by atoms with van der Waals surface area (Å²) in [5.74, 6) is -1.02. The van der Waals surface area contributed by atoms with Gasteiger partial charge < -0.3 is 35.0 Å². The van der Waals surface area contributed by atoms with Gasteiger partial charge >= 0.3 is 5.97 Å². The maximum absolute atomic E-state index is 13.4. The Labute approximate surface area is 215 Å². The molecule has 1 heterocycles. The number of hydrogen-bond donors (Lipinski definition) is 5. The second-order valence-electron chi connectivity index (χ2n) is 12.3. The Morgan fingerprint density at radius 3 is 2.41 bits per heavy atom. The average Bonchev–Trinajstić information content (AvgIpc) is 3.14. The third-order valence-electron chi connectivity index (χ3n) is 10.8. The number of ketones is 2. The lowest BCUT2D eigenvalue weighted by atomic mass is 9.46. The molecular formula is C27H38O10. The van der Waals surface area contributed by atoms with E-state index < -0.39 is 60.1 Å². The first-order valence-electron chi connectivity index (χ1n) is 13.4. The van der Waals surface area contributed by atoms with Gasteiger partial charge in [-0.15, -0.1) is 0 Å². The number of fused-ring (bicyclic) bond motifs is 5. The molecule has 0 bridgehead atoms. The number of rotatable bonds is 5. The first-order valence-corrected chi connectivity index (χ1v) is 13.4. The molecule has 6 unspecified atom stereocenters. The molecule has 10 nitrogen and oxygen atoms in total. The van der Waals surface area contributed by atoms with E-state index in [1.165, 1.54) is 5.57 Å². The first-order chi connectivity index (χ1) is 17.3. The number of allylic oxidation sites excluding steroid dienone is 1. The van der Waals surface area contributed by atoms with Crippen LogP contribution in [0.4, 0.5) is 0 Å². The van der Waals surface area contributed by atoms with Crippen LogP contribution < -0.4 is 0 Å². The molecule has 4 fully saturated rings. The fourth-order valence-electron chi connectivity index (χ4n) is 8.50. The summed E-state index contributed by atoms with van der Waals surface area (Å²) in [6, 6.07) is 0. The quantitative estimate of drug-likeness (QED) is 0.347. The summed E-state index contributed by atoms with van der Waals surface area (Å²) >= 11 is 0. The molecular weight excluding hydrogens is 484 g/mol. The van der Waals surface area contributed by atoms with Gasteiger partial charge in [-0.05, 0) is 74.2 Å². The monoisotopic (exact) mass is 522 g/mol. The normalized spacial score (nSPS) is 49.5. The zero-order chi connectivity index (χ0) is 26.9. The molecule has 206 valence electrons. The number of carbonyl (C=O) groups excluding carboxylic acids is 2. The van der Waals surface area contributed by atoms with Crippen molar-refractivity contribution in [3.05, 3.63) is 11.6 Å². The van der Waals surface area contributed by atoms with E-state index in [9.17, 15) is 39.9 Å². The van der Waals surface area contributed by atoms with E-state index in [-0.39, 0.29) is 23.5 Å². The maximum atomic E-state index is 13.4. The average molecular weight is 523 g/mol. The second kappa shape index (κ2) is 9.20. The minimum absolute atomic E-state index is 0.0213. The van der Waals surface area contributed by atoms with Gasteiger partial charge in [0.2, 0.25) is 0 Å². The molecule has 5 N–H and O–H groups in total. The summed E-state index contributed by atoms with van der Waals surface area (Å²) in [4.78, 5) is 36.8. The van der Waals surface area contributed by atoms with Crippen LogP contribution in [0.2, 0.25) is 0 Å². The number of aliphatic carboxylic acids is 1. The zero-order valence-corrected chi connectivity index (χ0v) is 21.3. The highest BCUT2D eigenvalue weighted by Gasteiger charge is 2.66. The lowest BCUT2D eigenvalue weighted by molar-refractivity contribution is -0.293. The van der Waals surface area contributed by atoms with Gasteiger partial charge in [0.1, 0.15) is 30.5 Å². The van der Waals surface area contributed by atoms with Crippen LogP contribution in [0, 0.1) is 28.6 Å². The van der Waals surface area contributed by atoms with E-state index in [2.05, 4.69) is 6.92 Å². The van der Waals surface area contributed by atoms with Crippen molar-refractivity contribution < 1.29 is 49.4 Å². The van der Waals surface area contributed by atoms with E-state index >= 15 is 0 Å². The first kappa shape index (κ1) is 26.9. The molecule has 11 atom stereocenters. The number of ether oxygens (including phenoxy) is 2. The smallest absolute Gasteiger partial charge is 0.335 e. The lowest BCUT2D eigenvalue weighted by Crippen LogP contribution is -2.61. The lowest BCUT2D eigenvalue weighted by Gasteiger charge is -2.58. The zero-order valence-electron chi connectivity index (χ0n) is 21.3. The van der Waals surface area contributed by atoms with Crippen LogP contribution in [0.3, 0.4) is 0 Å². The Morgan fingerprint density at radius 1 is 1.00 bits per heavy atom. The number of aliphatic hydroxyl groups is 4. The SMILES string of the molecule is CC12CCC(=O)C=C1CCC1C2CCC2(C)C1CC[C@]2(O)C(=O)CO[C@H]1OC(C(=O)O)[C@H](O)[C@@H](O)[C@@H]1O. The van der Waals surface area contributed by atoms with Crippen LogP contribution in [-0.4, -0.2) is 86.0 Å². The molecule has 37 heavy (non-hydrogen) atoms. The minimum atomic E-state index is -1.85. The van der Waals surface area contributed by atoms with Crippen molar-refractivity contribution >= 4 is 17.5 Å². The highest BCUT2D eigenvalue weighted by atomic mass is 16.7. The molecule has 0 aromatic carbocycles. The number of carboxylic acids is 1. The summed E-state index contributed by atoms with van der Waals surface area (Å²) in [7, 11) is 0. The number of hydrogen-bond acceptors (Lipinski definition) is 9. The molecule has 5 aliphatic rings. The molecule has 0 amide bonds. The predicted molar refractivity (Wildman–Crippen MR) is 127 cm³/mol. The highest BCUT2D eigenvalue weighted by Crippen LogP contribution is 2.67. The molecule has 1 aliphatic heterocycles. The number of carboxylic acid groups (broad SMARTS) is 1. The Kier molecular flexibility index (Phi) is 6.69. The summed E-state index contributed by atoms with van der Waals surface area (Å²) in [6.45, 7) is 3.62. The number of carbonyl (C=O) groups is 3. The van der Waals surface area contributed by atoms with E-state index in [0.717, 1.165) is 25.7 Å². The Morgan fingerprint density at radius 2 is 1.70 bits per heavy atom. The number of aliphatic hydroxyl groups excluding tert-OH is 3. The van der Waals surface area contributed by atoms with Crippen LogP contribution in [-0.2, 0) is 23.9 Å². The summed E-state index contributed by atoms with van der Waals surface area (Å²) < 4.78 is 10.5. The van der Waals surface area contributed by atoms with Crippen LogP contribution >= 0.6 is 0 Å². The van der Waals surface area contributed by atoms with Crippen LogP contribution in [0.5, 0.6) is 0 Å². The van der Waals surface area contributed by atoms with Crippen LogP contribution in [0.25, 0.3) is 0 Å². The van der Waals surface area contributed by atoms with E-state index in [4.69, 9.17) is 9.47 Å². The highest BCUT2D eigenvalue weighted by molar-refractivity contribution is 5.92. The van der Waals surface area contributed by atoms with Gasteiger partial charge in [-0.25, -0.2) is 4.79 Å². The molecule has 4 aliphatic carbocycles. The summed E-state index contributed by atoms with van der Waals surface area (Å²) in [6.07, 6.45) is -1.37. The van der Waals surface area contributed by atoms with Crippen molar-refractivity contribution in [2.24, 2.45) is 28.6 Å².